The van der Waals surface area contributed by atoms with Crippen molar-refractivity contribution < 1.29 is 9.52 Å². The first-order chi connectivity index (χ1) is 7.83. The molecule has 3 aromatic rings. The Bertz CT molecular complexity index is 593. The standard InChI is InChI=1S/C13H9NO2/c15-10-5-3-9(4-6-10)13-8-11-12(16-13)2-1-7-14-11/h1-8,15H. The lowest BCUT2D eigenvalue weighted by atomic mass is 10.2. The summed E-state index contributed by atoms with van der Waals surface area (Å²) in [7, 11) is 0. The summed E-state index contributed by atoms with van der Waals surface area (Å²) in [4.78, 5) is 4.20. The van der Waals surface area contributed by atoms with E-state index in [0.717, 1.165) is 22.4 Å². The zero-order valence-corrected chi connectivity index (χ0v) is 8.42. The van der Waals surface area contributed by atoms with Crippen LogP contribution in [0, 0.1) is 0 Å². The van der Waals surface area contributed by atoms with E-state index >= 15 is 0 Å². The van der Waals surface area contributed by atoms with Crippen LogP contribution in [-0.2, 0) is 0 Å². The first-order valence-electron chi connectivity index (χ1n) is 4.97. The lowest BCUT2D eigenvalue weighted by molar-refractivity contribution is 0.475. The van der Waals surface area contributed by atoms with Gasteiger partial charge in [-0.3, -0.25) is 4.98 Å². The van der Waals surface area contributed by atoms with Crippen molar-refractivity contribution in [2.45, 2.75) is 0 Å². The highest BCUT2D eigenvalue weighted by Gasteiger charge is 2.05. The summed E-state index contributed by atoms with van der Waals surface area (Å²) in [5.41, 5.74) is 2.53. The molecule has 78 valence electrons. The second-order valence-corrected chi connectivity index (χ2v) is 3.54. The molecule has 0 bridgehead atoms. The summed E-state index contributed by atoms with van der Waals surface area (Å²) in [6, 6.07) is 12.5. The van der Waals surface area contributed by atoms with Crippen LogP contribution in [0.2, 0.25) is 0 Å². The quantitative estimate of drug-likeness (QED) is 0.672. The van der Waals surface area contributed by atoms with Crippen molar-refractivity contribution >= 4 is 11.1 Å². The Labute approximate surface area is 92.0 Å². The molecule has 2 heterocycles. The smallest absolute Gasteiger partial charge is 0.153 e. The van der Waals surface area contributed by atoms with Crippen LogP contribution in [0.1, 0.15) is 0 Å². The number of pyridine rings is 1. The lowest BCUT2D eigenvalue weighted by Gasteiger charge is -1.95. The van der Waals surface area contributed by atoms with Crippen LogP contribution in [0.5, 0.6) is 5.75 Å². The van der Waals surface area contributed by atoms with Gasteiger partial charge in [-0.25, -0.2) is 0 Å². The lowest BCUT2D eigenvalue weighted by Crippen LogP contribution is -1.71. The minimum atomic E-state index is 0.248. The average molecular weight is 211 g/mol. The zero-order chi connectivity index (χ0) is 11.0. The normalized spacial score (nSPS) is 10.8. The zero-order valence-electron chi connectivity index (χ0n) is 8.42. The van der Waals surface area contributed by atoms with E-state index in [2.05, 4.69) is 4.98 Å². The highest BCUT2D eigenvalue weighted by Crippen LogP contribution is 2.27. The maximum Gasteiger partial charge on any atom is 0.153 e. The van der Waals surface area contributed by atoms with Gasteiger partial charge in [0.1, 0.15) is 17.0 Å². The number of fused-ring (bicyclic) bond motifs is 1. The van der Waals surface area contributed by atoms with Gasteiger partial charge in [0.15, 0.2) is 5.58 Å². The predicted octanol–water partition coefficient (Wildman–Crippen LogP) is 3.20. The third-order valence-electron chi connectivity index (χ3n) is 2.44. The molecule has 0 saturated heterocycles. The van der Waals surface area contributed by atoms with Crippen LogP contribution < -0.4 is 0 Å². The Balaban J connectivity index is 2.15. The van der Waals surface area contributed by atoms with E-state index in [1.807, 2.05) is 30.3 Å². The van der Waals surface area contributed by atoms with E-state index in [1.54, 1.807) is 18.3 Å². The first-order valence-corrected chi connectivity index (χ1v) is 4.97. The molecule has 0 unspecified atom stereocenters. The van der Waals surface area contributed by atoms with Crippen molar-refractivity contribution in [3.63, 3.8) is 0 Å². The number of aromatic nitrogens is 1. The number of phenols is 1. The van der Waals surface area contributed by atoms with Crippen LogP contribution in [0.25, 0.3) is 22.4 Å². The molecule has 1 aromatic carbocycles. The van der Waals surface area contributed by atoms with Crippen molar-refractivity contribution in [3.05, 3.63) is 48.7 Å². The van der Waals surface area contributed by atoms with Crippen molar-refractivity contribution in [3.8, 4) is 17.1 Å². The third-order valence-corrected chi connectivity index (χ3v) is 2.44. The minimum Gasteiger partial charge on any atom is -0.508 e. The van der Waals surface area contributed by atoms with Gasteiger partial charge in [0.2, 0.25) is 0 Å². The van der Waals surface area contributed by atoms with Crippen LogP contribution in [0.4, 0.5) is 0 Å². The van der Waals surface area contributed by atoms with Gasteiger partial charge in [0.25, 0.3) is 0 Å². The number of hydrogen-bond acceptors (Lipinski definition) is 3. The number of furan rings is 1. The largest absolute Gasteiger partial charge is 0.508 e. The fourth-order valence-electron chi connectivity index (χ4n) is 1.64. The Kier molecular flexibility index (Phi) is 1.90. The summed E-state index contributed by atoms with van der Waals surface area (Å²) >= 11 is 0. The Morgan fingerprint density at radius 3 is 2.62 bits per heavy atom. The molecule has 16 heavy (non-hydrogen) atoms. The molecule has 1 N–H and O–H groups in total. The number of rotatable bonds is 1. The molecule has 0 amide bonds. The Hall–Kier alpha value is -2.29. The second kappa shape index (κ2) is 3.38. The number of nitrogens with zero attached hydrogens (tertiary/aromatic N) is 1. The molecular formula is C13H9NO2. The van der Waals surface area contributed by atoms with Gasteiger partial charge in [-0.05, 0) is 36.4 Å². The van der Waals surface area contributed by atoms with Crippen LogP contribution in [-0.4, -0.2) is 10.1 Å². The summed E-state index contributed by atoms with van der Waals surface area (Å²) in [5, 5.41) is 9.20. The van der Waals surface area contributed by atoms with Crippen LogP contribution in [0.3, 0.4) is 0 Å². The van der Waals surface area contributed by atoms with Crippen molar-refractivity contribution in [1.29, 1.82) is 0 Å². The highest BCUT2D eigenvalue weighted by atomic mass is 16.3. The van der Waals surface area contributed by atoms with Crippen LogP contribution >= 0.6 is 0 Å². The molecule has 2 aromatic heterocycles. The number of aromatic hydroxyl groups is 1. The summed E-state index contributed by atoms with van der Waals surface area (Å²) < 4.78 is 5.65. The molecule has 3 rings (SSSR count). The van der Waals surface area contributed by atoms with E-state index in [9.17, 15) is 5.11 Å². The SMILES string of the molecule is Oc1ccc(-c2cc3ncccc3o2)cc1. The summed E-state index contributed by atoms with van der Waals surface area (Å²) in [5.74, 6) is 1.01. The van der Waals surface area contributed by atoms with Crippen molar-refractivity contribution in [2.75, 3.05) is 0 Å². The van der Waals surface area contributed by atoms with E-state index in [0.29, 0.717) is 0 Å². The highest BCUT2D eigenvalue weighted by molar-refractivity contribution is 5.78. The van der Waals surface area contributed by atoms with Gasteiger partial charge in [0, 0.05) is 17.8 Å². The number of phenolic OH excluding ortho intramolecular Hbond substituents is 1. The molecule has 0 fully saturated rings. The molecule has 0 aliphatic rings. The maximum atomic E-state index is 9.20. The predicted molar refractivity (Wildman–Crippen MR) is 61.1 cm³/mol. The van der Waals surface area contributed by atoms with Gasteiger partial charge >= 0.3 is 0 Å². The average Bonchev–Trinajstić information content (AvgIpc) is 2.73. The first kappa shape index (κ1) is 8.97. The monoisotopic (exact) mass is 211 g/mol. The molecular weight excluding hydrogens is 202 g/mol. The Morgan fingerprint density at radius 2 is 1.88 bits per heavy atom. The van der Waals surface area contributed by atoms with Crippen LogP contribution in [0.15, 0.2) is 53.1 Å². The van der Waals surface area contributed by atoms with Gasteiger partial charge in [-0.15, -0.1) is 0 Å². The molecule has 0 spiro atoms. The van der Waals surface area contributed by atoms with E-state index < -0.39 is 0 Å². The fraction of sp³-hybridized carbons (Fsp3) is 0. The third kappa shape index (κ3) is 1.42. The van der Waals surface area contributed by atoms with Gasteiger partial charge < -0.3 is 9.52 Å². The maximum absolute atomic E-state index is 9.20. The van der Waals surface area contributed by atoms with Gasteiger partial charge in [0.05, 0.1) is 0 Å². The summed E-state index contributed by atoms with van der Waals surface area (Å²) in [6.07, 6.45) is 1.73. The number of hydrogen-bond donors (Lipinski definition) is 1. The van der Waals surface area contributed by atoms with Gasteiger partial charge in [-0.2, -0.15) is 0 Å². The van der Waals surface area contributed by atoms with E-state index in [4.69, 9.17) is 4.42 Å². The van der Waals surface area contributed by atoms with E-state index in [1.165, 1.54) is 0 Å². The molecule has 0 radical (unpaired) electrons. The molecule has 3 nitrogen and oxygen atoms in total. The molecule has 0 atom stereocenters. The molecule has 0 aliphatic heterocycles. The van der Waals surface area contributed by atoms with Crippen molar-refractivity contribution in [1.82, 2.24) is 4.98 Å². The molecule has 0 aliphatic carbocycles. The minimum absolute atomic E-state index is 0.248. The molecule has 3 heteroatoms. The molecule has 0 saturated carbocycles. The Morgan fingerprint density at radius 1 is 1.06 bits per heavy atom. The fourth-order valence-corrected chi connectivity index (χ4v) is 1.64. The van der Waals surface area contributed by atoms with Gasteiger partial charge in [-0.1, -0.05) is 0 Å². The van der Waals surface area contributed by atoms with Crippen molar-refractivity contribution in [2.24, 2.45) is 0 Å². The summed E-state index contributed by atoms with van der Waals surface area (Å²) in [6.45, 7) is 0. The van der Waals surface area contributed by atoms with E-state index in [-0.39, 0.29) is 5.75 Å². The number of benzene rings is 1. The second-order valence-electron chi connectivity index (χ2n) is 3.54. The topological polar surface area (TPSA) is 46.3 Å².